The van der Waals surface area contributed by atoms with Crippen molar-refractivity contribution in [3.8, 4) is 34.2 Å². The van der Waals surface area contributed by atoms with Crippen LogP contribution in [0.5, 0.6) is 5.75 Å². The molecule has 6 nitrogen and oxygen atoms in total. The maximum atomic E-state index is 14.4. The molecule has 0 aliphatic carbocycles. The van der Waals surface area contributed by atoms with Crippen molar-refractivity contribution in [3.63, 3.8) is 0 Å². The molecule has 1 saturated heterocycles. The zero-order valence-electron chi connectivity index (χ0n) is 18.5. The molecule has 1 atom stereocenters. The molecule has 0 saturated carbocycles. The molecule has 8 heteroatoms. The molecule has 1 aliphatic heterocycles. The van der Waals surface area contributed by atoms with Crippen molar-refractivity contribution in [1.29, 1.82) is 5.26 Å². The summed E-state index contributed by atoms with van der Waals surface area (Å²) in [5, 5.41) is 13.6. The van der Waals surface area contributed by atoms with Crippen LogP contribution in [0.4, 0.5) is 8.78 Å². The van der Waals surface area contributed by atoms with Gasteiger partial charge in [0.2, 0.25) is 5.91 Å². The van der Waals surface area contributed by atoms with E-state index in [0.29, 0.717) is 41.4 Å². The highest BCUT2D eigenvalue weighted by atomic mass is 19.1. The number of piperidine rings is 1. The minimum absolute atomic E-state index is 0.0249. The predicted molar refractivity (Wildman–Crippen MR) is 119 cm³/mol. The molecule has 170 valence electrons. The van der Waals surface area contributed by atoms with Crippen molar-refractivity contribution in [1.82, 2.24) is 14.7 Å². The Labute approximate surface area is 191 Å². The normalized spacial score (nSPS) is 15.8. The molecular formula is C25H24F2N4O2. The molecular weight excluding hydrogens is 426 g/mol. The number of amides is 1. The van der Waals surface area contributed by atoms with E-state index in [1.807, 2.05) is 4.90 Å². The van der Waals surface area contributed by atoms with Gasteiger partial charge in [-0.2, -0.15) is 10.4 Å². The highest BCUT2D eigenvalue weighted by molar-refractivity contribution is 5.82. The zero-order valence-corrected chi connectivity index (χ0v) is 18.5. The molecule has 1 fully saturated rings. The van der Waals surface area contributed by atoms with E-state index in [1.54, 1.807) is 24.4 Å². The Kier molecular flexibility index (Phi) is 6.40. The van der Waals surface area contributed by atoms with Crippen LogP contribution in [0.2, 0.25) is 0 Å². The van der Waals surface area contributed by atoms with Gasteiger partial charge in [0.05, 0.1) is 12.7 Å². The summed E-state index contributed by atoms with van der Waals surface area (Å²) in [7, 11) is 1.38. The van der Waals surface area contributed by atoms with Gasteiger partial charge in [-0.05, 0) is 48.6 Å². The maximum Gasteiger partial charge on any atom is 0.244 e. The molecule has 0 radical (unpaired) electrons. The summed E-state index contributed by atoms with van der Waals surface area (Å²) >= 11 is 0. The van der Waals surface area contributed by atoms with Gasteiger partial charge in [0.25, 0.3) is 0 Å². The first-order valence-electron chi connectivity index (χ1n) is 10.8. The number of carbonyl (C=O) groups is 1. The highest BCUT2D eigenvalue weighted by Crippen LogP contribution is 2.34. The Balaban J connectivity index is 1.73. The number of halogens is 2. The van der Waals surface area contributed by atoms with Crippen molar-refractivity contribution < 1.29 is 18.3 Å². The van der Waals surface area contributed by atoms with E-state index in [0.717, 1.165) is 12.8 Å². The molecule has 33 heavy (non-hydrogen) atoms. The highest BCUT2D eigenvalue weighted by Gasteiger charge is 2.23. The number of ether oxygens (including phenoxy) is 1. The summed E-state index contributed by atoms with van der Waals surface area (Å²) < 4.78 is 35.3. The first kappa shape index (κ1) is 22.5. The summed E-state index contributed by atoms with van der Waals surface area (Å²) in [5.74, 6) is -0.705. The second kappa shape index (κ2) is 9.41. The van der Waals surface area contributed by atoms with Crippen LogP contribution in [0.3, 0.4) is 0 Å². The second-order valence-electron chi connectivity index (χ2n) is 8.33. The fourth-order valence-corrected chi connectivity index (χ4v) is 4.17. The fraction of sp³-hybridized carbons (Fsp3) is 0.320. The van der Waals surface area contributed by atoms with Crippen molar-refractivity contribution in [2.45, 2.75) is 26.3 Å². The summed E-state index contributed by atoms with van der Waals surface area (Å²) in [6.07, 6.45) is 3.74. The average molecular weight is 450 g/mol. The van der Waals surface area contributed by atoms with Crippen LogP contribution < -0.4 is 4.74 Å². The van der Waals surface area contributed by atoms with Crippen LogP contribution in [0.1, 0.15) is 25.3 Å². The van der Waals surface area contributed by atoms with Gasteiger partial charge in [-0.15, -0.1) is 0 Å². The van der Waals surface area contributed by atoms with E-state index >= 15 is 0 Å². The van der Waals surface area contributed by atoms with Gasteiger partial charge in [-0.3, -0.25) is 9.48 Å². The summed E-state index contributed by atoms with van der Waals surface area (Å²) in [5.41, 5.74) is 1.79. The van der Waals surface area contributed by atoms with E-state index in [4.69, 9.17) is 10.00 Å². The minimum Gasteiger partial charge on any atom is -0.494 e. The third-order valence-corrected chi connectivity index (χ3v) is 5.89. The number of hydrogen-bond acceptors (Lipinski definition) is 4. The number of hydrogen-bond donors (Lipinski definition) is 0. The van der Waals surface area contributed by atoms with Crippen molar-refractivity contribution in [2.75, 3.05) is 20.2 Å². The van der Waals surface area contributed by atoms with Crippen LogP contribution in [-0.2, 0) is 11.3 Å². The lowest BCUT2D eigenvalue weighted by Crippen LogP contribution is -2.40. The Morgan fingerprint density at radius 3 is 2.64 bits per heavy atom. The topological polar surface area (TPSA) is 71.2 Å². The van der Waals surface area contributed by atoms with E-state index in [-0.39, 0.29) is 23.8 Å². The van der Waals surface area contributed by atoms with E-state index < -0.39 is 11.6 Å². The summed E-state index contributed by atoms with van der Waals surface area (Å²) in [6, 6.07) is 10.5. The van der Waals surface area contributed by atoms with E-state index in [1.165, 1.54) is 36.1 Å². The van der Waals surface area contributed by atoms with Crippen LogP contribution in [0.25, 0.3) is 22.4 Å². The third-order valence-electron chi connectivity index (χ3n) is 5.89. The molecule has 3 aromatic rings. The molecule has 1 amide bonds. The second-order valence-corrected chi connectivity index (χ2v) is 8.33. The summed E-state index contributed by atoms with van der Waals surface area (Å²) in [4.78, 5) is 14.7. The molecule has 2 heterocycles. The quantitative estimate of drug-likeness (QED) is 0.568. The van der Waals surface area contributed by atoms with Crippen LogP contribution in [-0.4, -0.2) is 40.8 Å². The maximum absolute atomic E-state index is 14.4. The van der Waals surface area contributed by atoms with Gasteiger partial charge >= 0.3 is 0 Å². The standard InChI is InChI=1S/C25H24F2N4O2/c1-16-4-3-9-30(13-16)24(32)15-31-14-20(17-7-8-23(33-2)22(27)10-17)25(29-31)18-5-6-19(12-28)21(26)11-18/h5-8,10-11,14,16H,3-4,9,13,15H2,1-2H3/t16-/m0/s1. The first-order chi connectivity index (χ1) is 15.9. The number of aromatic nitrogens is 2. The lowest BCUT2D eigenvalue weighted by Gasteiger charge is -2.30. The lowest BCUT2D eigenvalue weighted by atomic mass is 10.0. The lowest BCUT2D eigenvalue weighted by molar-refractivity contribution is -0.133. The van der Waals surface area contributed by atoms with Gasteiger partial charge in [0.15, 0.2) is 11.6 Å². The Bertz CT molecular complexity index is 1230. The van der Waals surface area contributed by atoms with E-state index in [9.17, 15) is 13.6 Å². The number of benzene rings is 2. The van der Waals surface area contributed by atoms with Crippen LogP contribution in [0.15, 0.2) is 42.6 Å². The fourth-order valence-electron chi connectivity index (χ4n) is 4.17. The average Bonchev–Trinajstić information content (AvgIpc) is 3.22. The van der Waals surface area contributed by atoms with Gasteiger partial charge in [-0.25, -0.2) is 8.78 Å². The smallest absolute Gasteiger partial charge is 0.244 e. The largest absolute Gasteiger partial charge is 0.494 e. The predicted octanol–water partition coefficient (Wildman–Crippen LogP) is 4.63. The van der Waals surface area contributed by atoms with Crippen molar-refractivity contribution in [2.24, 2.45) is 5.92 Å². The molecule has 1 aromatic heterocycles. The molecule has 0 N–H and O–H groups in total. The van der Waals surface area contributed by atoms with Crippen molar-refractivity contribution >= 4 is 5.91 Å². The summed E-state index contributed by atoms with van der Waals surface area (Å²) in [6.45, 7) is 3.58. The van der Waals surface area contributed by atoms with Crippen LogP contribution >= 0.6 is 0 Å². The van der Waals surface area contributed by atoms with Gasteiger partial charge in [0, 0.05) is 30.4 Å². The SMILES string of the molecule is COc1ccc(-c2cn(CC(=O)N3CCC[C@H](C)C3)nc2-c2ccc(C#N)c(F)c2)cc1F. The number of carbonyl (C=O) groups excluding carboxylic acids is 1. The van der Waals surface area contributed by atoms with Gasteiger partial charge in [-0.1, -0.05) is 19.1 Å². The monoisotopic (exact) mass is 450 g/mol. The zero-order chi connectivity index (χ0) is 23.5. The van der Waals surface area contributed by atoms with Gasteiger partial charge in [0.1, 0.15) is 24.1 Å². The number of nitrogens with zero attached hydrogens (tertiary/aromatic N) is 4. The molecule has 0 spiro atoms. The van der Waals surface area contributed by atoms with Crippen molar-refractivity contribution in [3.05, 3.63) is 59.8 Å². The van der Waals surface area contributed by atoms with Gasteiger partial charge < -0.3 is 9.64 Å². The molecule has 1 aliphatic rings. The Morgan fingerprint density at radius 1 is 1.21 bits per heavy atom. The Hall–Kier alpha value is -3.73. The minimum atomic E-state index is -0.671. The Morgan fingerprint density at radius 2 is 1.97 bits per heavy atom. The molecule has 0 bridgehead atoms. The molecule has 0 unspecified atom stereocenters. The first-order valence-corrected chi connectivity index (χ1v) is 10.8. The number of likely N-dealkylation sites (tertiary alicyclic amines) is 1. The molecule has 2 aromatic carbocycles. The number of nitriles is 1. The van der Waals surface area contributed by atoms with Crippen LogP contribution in [0, 0.1) is 28.9 Å². The number of methoxy groups -OCH3 is 1. The van der Waals surface area contributed by atoms with E-state index in [2.05, 4.69) is 12.0 Å². The third kappa shape index (κ3) is 4.72. The number of rotatable bonds is 5. The molecule has 4 rings (SSSR count).